The summed E-state index contributed by atoms with van der Waals surface area (Å²) in [6.07, 6.45) is 10.8. The number of benzene rings is 1. The van der Waals surface area contributed by atoms with Gasteiger partial charge in [-0.05, 0) is 69.7 Å². The van der Waals surface area contributed by atoms with E-state index in [2.05, 4.69) is 58.2 Å². The second-order valence-electron chi connectivity index (χ2n) is 10.3. The van der Waals surface area contributed by atoms with E-state index in [1.165, 1.54) is 11.1 Å². The summed E-state index contributed by atoms with van der Waals surface area (Å²) in [5.41, 5.74) is 5.17. The summed E-state index contributed by atoms with van der Waals surface area (Å²) in [5.74, 6) is 0. The highest BCUT2D eigenvalue weighted by Crippen LogP contribution is 2.33. The molecule has 1 aromatic carbocycles. The van der Waals surface area contributed by atoms with Crippen molar-refractivity contribution in [1.29, 1.82) is 5.41 Å². The zero-order chi connectivity index (χ0) is 21.7. The van der Waals surface area contributed by atoms with Gasteiger partial charge in [0.15, 0.2) is 0 Å². The number of nitrogens with zero attached hydrogens (tertiary/aromatic N) is 2. The highest BCUT2D eigenvalue weighted by molar-refractivity contribution is 5.82. The van der Waals surface area contributed by atoms with Crippen molar-refractivity contribution in [3.05, 3.63) is 46.7 Å². The number of hydrogen-bond acceptors (Lipinski definition) is 4. The lowest BCUT2D eigenvalue weighted by atomic mass is 9.77. The van der Waals surface area contributed by atoms with Crippen molar-refractivity contribution in [1.82, 2.24) is 14.9 Å². The molecule has 0 saturated heterocycles. The van der Waals surface area contributed by atoms with Crippen LogP contribution in [0.1, 0.15) is 69.2 Å². The molecule has 3 N–H and O–H groups in total. The van der Waals surface area contributed by atoms with E-state index in [1.807, 2.05) is 4.57 Å². The first-order valence-electron chi connectivity index (χ1n) is 11.3. The van der Waals surface area contributed by atoms with E-state index in [0.717, 1.165) is 55.1 Å². The van der Waals surface area contributed by atoms with Gasteiger partial charge in [-0.2, -0.15) is 0 Å². The Hall–Kier alpha value is -1.98. The summed E-state index contributed by atoms with van der Waals surface area (Å²) in [7, 11) is 0. The first-order valence-corrected chi connectivity index (χ1v) is 11.3. The van der Waals surface area contributed by atoms with Crippen LogP contribution in [0.25, 0.3) is 10.9 Å². The Morgan fingerprint density at radius 1 is 1.17 bits per heavy atom. The fourth-order valence-electron chi connectivity index (χ4n) is 5.00. The van der Waals surface area contributed by atoms with Crippen LogP contribution in [-0.2, 0) is 6.42 Å². The van der Waals surface area contributed by atoms with Gasteiger partial charge in [0.1, 0.15) is 5.49 Å². The Bertz CT molecular complexity index is 1050. The summed E-state index contributed by atoms with van der Waals surface area (Å²) in [4.78, 5) is 4.74. The maximum Gasteiger partial charge on any atom is 0.135 e. The second kappa shape index (κ2) is 7.61. The molecule has 1 saturated carbocycles. The fraction of sp³-hybridized carbons (Fsp3) is 0.600. The van der Waals surface area contributed by atoms with Crippen LogP contribution >= 0.6 is 0 Å². The molecule has 5 nitrogen and oxygen atoms in total. The Morgan fingerprint density at radius 2 is 1.90 bits per heavy atom. The van der Waals surface area contributed by atoms with E-state index < -0.39 is 0 Å². The topological polar surface area (TPSA) is 73.9 Å². The molecule has 4 rings (SSSR count). The molecule has 1 aliphatic heterocycles. The van der Waals surface area contributed by atoms with Crippen LogP contribution in [0.15, 0.2) is 24.5 Å². The minimum atomic E-state index is -0.390. The smallest absolute Gasteiger partial charge is 0.135 e. The minimum Gasteiger partial charge on any atom is -0.391 e. The molecule has 2 aromatic rings. The van der Waals surface area contributed by atoms with Crippen LogP contribution < -0.4 is 10.8 Å². The van der Waals surface area contributed by atoms with Crippen molar-refractivity contribution in [3.8, 4) is 0 Å². The van der Waals surface area contributed by atoms with E-state index in [4.69, 9.17) is 10.4 Å². The van der Waals surface area contributed by atoms with Gasteiger partial charge in [-0.3, -0.25) is 5.41 Å². The first kappa shape index (κ1) is 21.3. The summed E-state index contributed by atoms with van der Waals surface area (Å²) in [6.45, 7) is 11.9. The third kappa shape index (κ3) is 3.85. The SMILES string of the molecule is Cc1c(CC2(C)C=CC(C)(C)NC2)cc2c(=N)n(C3CCCC[C@@H]3O)cnc2c1C. The van der Waals surface area contributed by atoms with Crippen molar-refractivity contribution in [3.63, 3.8) is 0 Å². The maximum absolute atomic E-state index is 10.5. The molecule has 3 atom stereocenters. The fourth-order valence-corrected chi connectivity index (χ4v) is 5.00. The van der Waals surface area contributed by atoms with Crippen molar-refractivity contribution in [2.24, 2.45) is 5.41 Å². The molecule has 0 bridgehead atoms. The van der Waals surface area contributed by atoms with Crippen LogP contribution in [0.5, 0.6) is 0 Å². The molecule has 2 unspecified atom stereocenters. The van der Waals surface area contributed by atoms with Crippen molar-refractivity contribution >= 4 is 10.9 Å². The van der Waals surface area contributed by atoms with Crippen LogP contribution in [0, 0.1) is 24.7 Å². The van der Waals surface area contributed by atoms with Crippen LogP contribution in [0.3, 0.4) is 0 Å². The van der Waals surface area contributed by atoms with Gasteiger partial charge in [0, 0.05) is 22.9 Å². The summed E-state index contributed by atoms with van der Waals surface area (Å²) >= 11 is 0. The van der Waals surface area contributed by atoms with Crippen LogP contribution in [-0.4, -0.2) is 32.8 Å². The second-order valence-corrected chi connectivity index (χ2v) is 10.3. The lowest BCUT2D eigenvalue weighted by Crippen LogP contribution is -2.47. The average Bonchev–Trinajstić information content (AvgIpc) is 2.70. The van der Waals surface area contributed by atoms with Gasteiger partial charge in [-0.25, -0.2) is 4.98 Å². The highest BCUT2D eigenvalue weighted by Gasteiger charge is 2.31. The van der Waals surface area contributed by atoms with Gasteiger partial charge in [0.05, 0.1) is 24.0 Å². The molecule has 5 heteroatoms. The van der Waals surface area contributed by atoms with E-state index in [1.54, 1.807) is 6.33 Å². The molecule has 0 radical (unpaired) electrons. The average molecular weight is 409 g/mol. The van der Waals surface area contributed by atoms with E-state index in [-0.39, 0.29) is 23.1 Å². The zero-order valence-electron chi connectivity index (χ0n) is 19.0. The van der Waals surface area contributed by atoms with Crippen LogP contribution in [0.4, 0.5) is 0 Å². The van der Waals surface area contributed by atoms with Crippen molar-refractivity contribution in [2.45, 2.75) is 84.4 Å². The summed E-state index contributed by atoms with van der Waals surface area (Å²) in [6, 6.07) is 2.14. The number of aromatic nitrogens is 2. The molecular formula is C25H36N4O. The van der Waals surface area contributed by atoms with Crippen LogP contribution in [0.2, 0.25) is 0 Å². The third-order valence-electron chi connectivity index (χ3n) is 7.29. The van der Waals surface area contributed by atoms with Crippen molar-refractivity contribution in [2.75, 3.05) is 6.54 Å². The lowest BCUT2D eigenvalue weighted by molar-refractivity contribution is 0.0729. The molecule has 2 heterocycles. The largest absolute Gasteiger partial charge is 0.391 e. The summed E-state index contributed by atoms with van der Waals surface area (Å²) in [5, 5.41) is 24.0. The molecule has 1 fully saturated rings. The minimum absolute atomic E-state index is 0.0402. The van der Waals surface area contributed by atoms with E-state index in [0.29, 0.717) is 5.49 Å². The van der Waals surface area contributed by atoms with Gasteiger partial charge in [0.2, 0.25) is 0 Å². The molecule has 0 spiro atoms. The maximum atomic E-state index is 10.5. The Balaban J connectivity index is 1.77. The molecule has 30 heavy (non-hydrogen) atoms. The normalized spacial score (nSPS) is 28.7. The number of aryl methyl sites for hydroxylation is 1. The number of aliphatic hydroxyl groups is 1. The first-order chi connectivity index (χ1) is 14.1. The Kier molecular flexibility index (Phi) is 5.39. The predicted molar refractivity (Wildman–Crippen MR) is 122 cm³/mol. The Morgan fingerprint density at radius 3 is 2.57 bits per heavy atom. The van der Waals surface area contributed by atoms with Gasteiger partial charge in [0.25, 0.3) is 0 Å². The molecule has 1 aliphatic carbocycles. The highest BCUT2D eigenvalue weighted by atomic mass is 16.3. The predicted octanol–water partition coefficient (Wildman–Crippen LogP) is 4.10. The standard InChI is InChI=1S/C25H36N4O/c1-16-17(2)22-19(12-18(16)13-25(5)11-10-24(3,4)28-14-25)23(26)29(15-27-22)20-8-6-7-9-21(20)30/h10-12,15,20-21,26,28,30H,6-9,13-14H2,1-5H3/t20?,21-,25?/m0/s1. The molecule has 162 valence electrons. The number of nitrogens with one attached hydrogen (secondary N) is 2. The number of fused-ring (bicyclic) bond motifs is 1. The molecule has 2 aliphatic rings. The zero-order valence-corrected chi connectivity index (χ0v) is 19.0. The third-order valence-corrected chi connectivity index (χ3v) is 7.29. The van der Waals surface area contributed by atoms with E-state index in [9.17, 15) is 5.11 Å². The van der Waals surface area contributed by atoms with Gasteiger partial charge < -0.3 is 15.0 Å². The quantitative estimate of drug-likeness (QED) is 0.670. The molecule has 1 aromatic heterocycles. The van der Waals surface area contributed by atoms with Crippen molar-refractivity contribution < 1.29 is 5.11 Å². The van der Waals surface area contributed by atoms with Gasteiger partial charge >= 0.3 is 0 Å². The summed E-state index contributed by atoms with van der Waals surface area (Å²) < 4.78 is 1.90. The molecular weight excluding hydrogens is 372 g/mol. The monoisotopic (exact) mass is 408 g/mol. The number of aliphatic hydroxyl groups excluding tert-OH is 1. The molecule has 0 amide bonds. The Labute approximate surface area is 179 Å². The lowest BCUT2D eigenvalue weighted by Gasteiger charge is -2.38. The number of rotatable bonds is 3. The van der Waals surface area contributed by atoms with E-state index >= 15 is 0 Å². The van der Waals surface area contributed by atoms with Gasteiger partial charge in [-0.1, -0.05) is 31.9 Å². The number of hydrogen-bond donors (Lipinski definition) is 3. The van der Waals surface area contributed by atoms with Gasteiger partial charge in [-0.15, -0.1) is 0 Å².